The third-order valence-electron chi connectivity index (χ3n) is 5.26. The number of hydrogen-bond acceptors (Lipinski definition) is 4. The number of methoxy groups -OCH3 is 1. The highest BCUT2D eigenvalue weighted by Gasteiger charge is 2.32. The van der Waals surface area contributed by atoms with E-state index < -0.39 is 0 Å². The van der Waals surface area contributed by atoms with Gasteiger partial charge in [0.15, 0.2) is 0 Å². The van der Waals surface area contributed by atoms with Crippen molar-refractivity contribution in [3.05, 3.63) is 65.2 Å². The number of ether oxygens (including phenoxy) is 2. The maximum atomic E-state index is 6.07. The molecule has 2 aromatic rings. The molecule has 5 heteroatoms. The fourth-order valence-electron chi connectivity index (χ4n) is 3.92. The Morgan fingerprint density at radius 3 is 2.56 bits per heavy atom. The standard InChI is InChI=1S/C22H30N2O2.ClH/c1-3-26-16-19-11-17(9-10-22(19)25-2)13-24-14-20(12-23)21(15-24)18-7-5-4-6-8-18;/h4-11,20-21H,3,12-16,23H2,1-2H3;1H/t20-,21+;/m1./s1. The van der Waals surface area contributed by atoms with E-state index >= 15 is 0 Å². The first-order valence-corrected chi connectivity index (χ1v) is 9.46. The summed E-state index contributed by atoms with van der Waals surface area (Å²) >= 11 is 0. The van der Waals surface area contributed by atoms with Crippen LogP contribution in [0.15, 0.2) is 48.5 Å². The molecule has 2 aromatic carbocycles. The van der Waals surface area contributed by atoms with Gasteiger partial charge >= 0.3 is 0 Å². The average Bonchev–Trinajstić information content (AvgIpc) is 3.10. The molecular weight excluding hydrogens is 360 g/mol. The minimum atomic E-state index is 0. The second-order valence-electron chi connectivity index (χ2n) is 6.99. The monoisotopic (exact) mass is 390 g/mol. The molecule has 3 rings (SSSR count). The molecule has 27 heavy (non-hydrogen) atoms. The highest BCUT2D eigenvalue weighted by atomic mass is 35.5. The molecule has 1 aliphatic heterocycles. The molecule has 0 aliphatic carbocycles. The van der Waals surface area contributed by atoms with Crippen molar-refractivity contribution in [2.45, 2.75) is 26.0 Å². The van der Waals surface area contributed by atoms with Gasteiger partial charge in [0.2, 0.25) is 0 Å². The fourth-order valence-corrected chi connectivity index (χ4v) is 3.92. The Bertz CT molecular complexity index is 696. The quantitative estimate of drug-likeness (QED) is 0.744. The summed E-state index contributed by atoms with van der Waals surface area (Å²) in [5, 5.41) is 0. The number of likely N-dealkylation sites (tertiary alicyclic amines) is 1. The van der Waals surface area contributed by atoms with Gasteiger partial charge in [-0.25, -0.2) is 0 Å². The molecule has 1 fully saturated rings. The molecule has 0 aromatic heterocycles. The number of rotatable bonds is 8. The minimum Gasteiger partial charge on any atom is -0.496 e. The van der Waals surface area contributed by atoms with Crippen molar-refractivity contribution in [3.8, 4) is 5.75 Å². The molecule has 0 amide bonds. The second-order valence-corrected chi connectivity index (χ2v) is 6.99. The Balaban J connectivity index is 0.00000261. The third kappa shape index (κ3) is 5.45. The Morgan fingerprint density at radius 1 is 1.11 bits per heavy atom. The van der Waals surface area contributed by atoms with Crippen molar-refractivity contribution in [1.29, 1.82) is 0 Å². The Kier molecular flexibility index (Phi) is 8.58. The zero-order valence-electron chi connectivity index (χ0n) is 16.3. The van der Waals surface area contributed by atoms with Gasteiger partial charge in [0.25, 0.3) is 0 Å². The lowest BCUT2D eigenvalue weighted by atomic mass is 9.89. The minimum absolute atomic E-state index is 0. The number of benzene rings is 2. The van der Waals surface area contributed by atoms with Gasteiger partial charge in [0.1, 0.15) is 5.75 Å². The van der Waals surface area contributed by atoms with Crippen LogP contribution in [0.2, 0.25) is 0 Å². The SMILES string of the molecule is CCOCc1cc(CN2C[C@@H](CN)[C@H](c3ccccc3)C2)ccc1OC.Cl. The van der Waals surface area contributed by atoms with Gasteiger partial charge in [-0.1, -0.05) is 36.4 Å². The van der Waals surface area contributed by atoms with E-state index in [4.69, 9.17) is 15.2 Å². The number of nitrogens with two attached hydrogens (primary N) is 1. The summed E-state index contributed by atoms with van der Waals surface area (Å²) in [6.45, 7) is 7.07. The highest BCUT2D eigenvalue weighted by Crippen LogP contribution is 2.33. The molecule has 0 radical (unpaired) electrons. The summed E-state index contributed by atoms with van der Waals surface area (Å²) in [5.74, 6) is 1.92. The fraction of sp³-hybridized carbons (Fsp3) is 0.455. The first-order valence-electron chi connectivity index (χ1n) is 9.46. The normalized spacial score (nSPS) is 19.7. The van der Waals surface area contributed by atoms with Crippen LogP contribution in [-0.2, 0) is 17.9 Å². The molecule has 148 valence electrons. The Hall–Kier alpha value is -1.59. The molecular formula is C22H31ClN2O2. The van der Waals surface area contributed by atoms with E-state index in [-0.39, 0.29) is 12.4 Å². The molecule has 1 saturated heterocycles. The lowest BCUT2D eigenvalue weighted by Gasteiger charge is -2.18. The number of hydrogen-bond donors (Lipinski definition) is 1. The highest BCUT2D eigenvalue weighted by molar-refractivity contribution is 5.85. The van der Waals surface area contributed by atoms with Crippen molar-refractivity contribution in [2.24, 2.45) is 11.7 Å². The van der Waals surface area contributed by atoms with Gasteiger partial charge in [0, 0.05) is 37.7 Å². The topological polar surface area (TPSA) is 47.7 Å². The van der Waals surface area contributed by atoms with E-state index in [1.807, 2.05) is 6.92 Å². The van der Waals surface area contributed by atoms with E-state index in [9.17, 15) is 0 Å². The van der Waals surface area contributed by atoms with Crippen LogP contribution in [-0.4, -0.2) is 38.3 Å². The molecule has 2 N–H and O–H groups in total. The zero-order chi connectivity index (χ0) is 18.4. The molecule has 0 unspecified atom stereocenters. The van der Waals surface area contributed by atoms with E-state index in [1.54, 1.807) is 7.11 Å². The van der Waals surface area contributed by atoms with Gasteiger partial charge in [-0.2, -0.15) is 0 Å². The Morgan fingerprint density at radius 2 is 1.89 bits per heavy atom. The largest absolute Gasteiger partial charge is 0.496 e. The predicted octanol–water partition coefficient (Wildman–Crippen LogP) is 3.83. The Labute approximate surface area is 169 Å². The van der Waals surface area contributed by atoms with Crippen molar-refractivity contribution in [1.82, 2.24) is 4.90 Å². The average molecular weight is 391 g/mol. The zero-order valence-corrected chi connectivity index (χ0v) is 17.1. The van der Waals surface area contributed by atoms with Crippen molar-refractivity contribution in [2.75, 3.05) is 33.4 Å². The first-order chi connectivity index (χ1) is 12.7. The van der Waals surface area contributed by atoms with Gasteiger partial charge < -0.3 is 15.2 Å². The van der Waals surface area contributed by atoms with Crippen molar-refractivity contribution in [3.63, 3.8) is 0 Å². The summed E-state index contributed by atoms with van der Waals surface area (Å²) in [5.41, 5.74) is 9.88. The third-order valence-corrected chi connectivity index (χ3v) is 5.26. The van der Waals surface area contributed by atoms with E-state index in [0.717, 1.165) is 37.5 Å². The van der Waals surface area contributed by atoms with E-state index in [1.165, 1.54) is 11.1 Å². The van der Waals surface area contributed by atoms with Crippen LogP contribution in [0.5, 0.6) is 5.75 Å². The number of nitrogens with zero attached hydrogens (tertiary/aromatic N) is 1. The smallest absolute Gasteiger partial charge is 0.124 e. The van der Waals surface area contributed by atoms with Crippen molar-refractivity contribution < 1.29 is 9.47 Å². The van der Waals surface area contributed by atoms with Gasteiger partial charge in [-0.15, -0.1) is 12.4 Å². The molecule has 0 spiro atoms. The molecule has 4 nitrogen and oxygen atoms in total. The molecule has 1 heterocycles. The summed E-state index contributed by atoms with van der Waals surface area (Å²) < 4.78 is 11.1. The van der Waals surface area contributed by atoms with Crippen LogP contribution in [0, 0.1) is 5.92 Å². The summed E-state index contributed by atoms with van der Waals surface area (Å²) in [6.07, 6.45) is 0. The van der Waals surface area contributed by atoms with Crippen molar-refractivity contribution >= 4 is 12.4 Å². The maximum absolute atomic E-state index is 6.07. The van der Waals surface area contributed by atoms with Gasteiger partial charge in [-0.3, -0.25) is 4.90 Å². The molecule has 0 bridgehead atoms. The first kappa shape index (κ1) is 21.7. The lowest BCUT2D eigenvalue weighted by molar-refractivity contribution is 0.132. The van der Waals surface area contributed by atoms with Gasteiger partial charge in [-0.05, 0) is 42.6 Å². The number of halogens is 1. The molecule has 2 atom stereocenters. The van der Waals surface area contributed by atoms with Crippen LogP contribution in [0.25, 0.3) is 0 Å². The predicted molar refractivity (Wildman–Crippen MR) is 113 cm³/mol. The molecule has 1 aliphatic rings. The van der Waals surface area contributed by atoms with Crippen LogP contribution >= 0.6 is 12.4 Å². The maximum Gasteiger partial charge on any atom is 0.124 e. The summed E-state index contributed by atoms with van der Waals surface area (Å²) in [7, 11) is 1.71. The summed E-state index contributed by atoms with van der Waals surface area (Å²) in [6, 6.07) is 17.2. The van der Waals surface area contributed by atoms with E-state index in [0.29, 0.717) is 25.0 Å². The van der Waals surface area contributed by atoms with Crippen LogP contribution in [0.1, 0.15) is 29.5 Å². The second kappa shape index (κ2) is 10.7. The summed E-state index contributed by atoms with van der Waals surface area (Å²) in [4.78, 5) is 2.52. The van der Waals surface area contributed by atoms with Gasteiger partial charge in [0.05, 0.1) is 13.7 Å². The van der Waals surface area contributed by atoms with E-state index in [2.05, 4.69) is 53.4 Å². The van der Waals surface area contributed by atoms with Crippen LogP contribution in [0.4, 0.5) is 0 Å². The van der Waals surface area contributed by atoms with Crippen LogP contribution < -0.4 is 10.5 Å². The molecule has 0 saturated carbocycles. The van der Waals surface area contributed by atoms with Crippen LogP contribution in [0.3, 0.4) is 0 Å². The lowest BCUT2D eigenvalue weighted by Crippen LogP contribution is -2.23.